The van der Waals surface area contributed by atoms with Gasteiger partial charge in [-0.05, 0) is 74.6 Å². The van der Waals surface area contributed by atoms with Gasteiger partial charge in [0.05, 0.1) is 86.4 Å². The lowest BCUT2D eigenvalue weighted by atomic mass is 9.35. The van der Waals surface area contributed by atoms with Gasteiger partial charge in [-0.25, -0.2) is 0 Å². The fourth-order valence-electron chi connectivity index (χ4n) is 10.9. The van der Waals surface area contributed by atoms with E-state index in [1.165, 1.54) is 36.1 Å². The second-order valence-electron chi connectivity index (χ2n) is 15.8. The summed E-state index contributed by atoms with van der Waals surface area (Å²) in [6, 6.07) is 15.5. The summed E-state index contributed by atoms with van der Waals surface area (Å²) in [5, 5.41) is 0. The molecule has 2 aromatic rings. The van der Waals surface area contributed by atoms with Gasteiger partial charge in [0, 0.05) is 42.0 Å². The summed E-state index contributed by atoms with van der Waals surface area (Å²) in [6.07, 6.45) is 8.09. The lowest BCUT2D eigenvalue weighted by Crippen LogP contribution is -2.81. The Morgan fingerprint density at radius 2 is 1.48 bits per heavy atom. The molecule has 9 rings (SSSR count). The molecule has 4 bridgehead atoms. The molecular weight excluding hydrogens is 662 g/mol. The van der Waals surface area contributed by atoms with Crippen LogP contribution in [0.1, 0.15) is 55.2 Å². The van der Waals surface area contributed by atoms with Crippen LogP contribution in [0.3, 0.4) is 0 Å². The van der Waals surface area contributed by atoms with Crippen LogP contribution in [0.15, 0.2) is 42.5 Å². The van der Waals surface area contributed by atoms with Crippen molar-refractivity contribution in [3.05, 3.63) is 59.2 Å². The molecule has 2 heterocycles. The first-order chi connectivity index (χ1) is 25.6. The number of fused-ring (bicyclic) bond motifs is 2. The second-order valence-corrected chi connectivity index (χ2v) is 15.8. The number of ether oxygens (including phenoxy) is 9. The molecule has 2 spiro atoms. The van der Waals surface area contributed by atoms with E-state index in [9.17, 15) is 0 Å². The van der Waals surface area contributed by atoms with Crippen molar-refractivity contribution in [2.24, 2.45) is 17.3 Å². The molecule has 2 aliphatic heterocycles. The topological polar surface area (TPSA) is 86.3 Å². The Hall–Kier alpha value is -2.28. The Kier molecular flexibility index (Phi) is 11.4. The van der Waals surface area contributed by atoms with Gasteiger partial charge < -0.3 is 42.6 Å². The number of nitrogens with zero attached hydrogens (tertiary/aromatic N) is 1. The zero-order valence-electron chi connectivity index (χ0n) is 31.3. The number of methoxy groups -OCH3 is 2. The first-order valence-corrected chi connectivity index (χ1v) is 19.8. The van der Waals surface area contributed by atoms with Crippen molar-refractivity contribution in [2.45, 2.75) is 74.7 Å². The van der Waals surface area contributed by atoms with E-state index in [2.05, 4.69) is 47.4 Å². The fourth-order valence-corrected chi connectivity index (χ4v) is 10.9. The number of hydrogen-bond donors (Lipinski definition) is 0. The van der Waals surface area contributed by atoms with Crippen LogP contribution in [-0.4, -0.2) is 123 Å². The first-order valence-electron chi connectivity index (χ1n) is 19.8. The van der Waals surface area contributed by atoms with Gasteiger partial charge in [0.25, 0.3) is 0 Å². The van der Waals surface area contributed by atoms with Crippen LogP contribution >= 0.6 is 0 Å². The quantitative estimate of drug-likeness (QED) is 0.143. The summed E-state index contributed by atoms with van der Waals surface area (Å²) < 4.78 is 54.9. The molecule has 286 valence electrons. The van der Waals surface area contributed by atoms with E-state index in [1.54, 1.807) is 14.2 Å². The van der Waals surface area contributed by atoms with E-state index in [0.717, 1.165) is 56.1 Å². The van der Waals surface area contributed by atoms with Crippen LogP contribution in [0, 0.1) is 17.3 Å². The van der Waals surface area contributed by atoms with Crippen molar-refractivity contribution >= 4 is 0 Å². The number of likely N-dealkylation sites (tertiary alicyclic amines) is 1. The number of rotatable bonds is 23. The highest BCUT2D eigenvalue weighted by molar-refractivity contribution is 5.63. The predicted octanol–water partition coefficient (Wildman–Crippen LogP) is 5.22. The zero-order valence-corrected chi connectivity index (χ0v) is 31.3. The monoisotopic (exact) mass is 721 g/mol. The fraction of sp³-hybridized carbons (Fsp3) is 0.714. The number of piperidine rings is 1. The molecule has 10 nitrogen and oxygen atoms in total. The molecule has 52 heavy (non-hydrogen) atoms. The van der Waals surface area contributed by atoms with Crippen molar-refractivity contribution in [3.8, 4) is 11.5 Å². The molecule has 5 fully saturated rings. The Morgan fingerprint density at radius 3 is 2.17 bits per heavy atom. The third kappa shape index (κ3) is 6.70. The van der Waals surface area contributed by atoms with Crippen LogP contribution in [0.4, 0.5) is 0 Å². The van der Waals surface area contributed by atoms with Crippen LogP contribution in [0.5, 0.6) is 11.5 Å². The highest BCUT2D eigenvalue weighted by Gasteiger charge is 2.80. The third-order valence-corrected chi connectivity index (χ3v) is 13.2. The molecule has 1 saturated heterocycles. The van der Waals surface area contributed by atoms with Gasteiger partial charge in [-0.1, -0.05) is 36.4 Å². The van der Waals surface area contributed by atoms with Gasteiger partial charge in [0.2, 0.25) is 0 Å². The summed E-state index contributed by atoms with van der Waals surface area (Å²) in [5.74, 6) is 2.90. The molecule has 7 aliphatic rings. The molecule has 10 heteroatoms. The lowest BCUT2D eigenvalue weighted by molar-refractivity contribution is -0.292. The normalized spacial score (nSPS) is 31.1. The molecule has 2 aromatic carbocycles. The van der Waals surface area contributed by atoms with Crippen LogP contribution < -0.4 is 9.47 Å². The molecule has 0 amide bonds. The summed E-state index contributed by atoms with van der Waals surface area (Å²) in [7, 11) is 3.44. The molecule has 0 N–H and O–H groups in total. The Balaban J connectivity index is 0.954. The Morgan fingerprint density at radius 1 is 0.769 bits per heavy atom. The largest absolute Gasteiger partial charge is 0.493 e. The molecule has 5 aliphatic carbocycles. The van der Waals surface area contributed by atoms with Gasteiger partial charge in [-0.15, -0.1) is 0 Å². The Bertz CT molecular complexity index is 1470. The molecule has 0 radical (unpaired) electrons. The average molecular weight is 722 g/mol. The summed E-state index contributed by atoms with van der Waals surface area (Å²) in [6.45, 7) is 8.99. The molecule has 6 atom stereocenters. The molecule has 1 unspecified atom stereocenters. The van der Waals surface area contributed by atoms with Gasteiger partial charge in [0.1, 0.15) is 11.7 Å². The first kappa shape index (κ1) is 36.7. The SMILES string of the molecule is COCCOCCOCCOCCOCCO[C@]12CC[C@@]3(C[C@@H]1COCc1ccccc1)C1Cc4ccc(OC)c5c4[C@@]3(CCN1CC1CC1)[C@H]2O5. The van der Waals surface area contributed by atoms with Crippen LogP contribution in [0.2, 0.25) is 0 Å². The van der Waals surface area contributed by atoms with Crippen molar-refractivity contribution in [1.29, 1.82) is 0 Å². The minimum atomic E-state index is -0.481. The number of hydrogen-bond acceptors (Lipinski definition) is 10. The van der Waals surface area contributed by atoms with Crippen molar-refractivity contribution in [2.75, 3.05) is 100.0 Å². The smallest absolute Gasteiger partial charge is 0.165 e. The third-order valence-electron chi connectivity index (χ3n) is 13.2. The van der Waals surface area contributed by atoms with Gasteiger partial charge in [-0.2, -0.15) is 0 Å². The van der Waals surface area contributed by atoms with E-state index in [1.807, 2.05) is 0 Å². The van der Waals surface area contributed by atoms with E-state index < -0.39 is 5.60 Å². The molecule has 4 saturated carbocycles. The Labute approximate surface area is 309 Å². The van der Waals surface area contributed by atoms with E-state index in [0.29, 0.717) is 85.3 Å². The molecule has 0 aromatic heterocycles. The van der Waals surface area contributed by atoms with Gasteiger partial charge in [0.15, 0.2) is 11.5 Å². The molecular formula is C42H59NO9. The maximum Gasteiger partial charge on any atom is 0.165 e. The number of benzene rings is 2. The van der Waals surface area contributed by atoms with Gasteiger partial charge >= 0.3 is 0 Å². The van der Waals surface area contributed by atoms with Crippen molar-refractivity contribution < 1.29 is 42.6 Å². The van der Waals surface area contributed by atoms with Gasteiger partial charge in [-0.3, -0.25) is 4.90 Å². The maximum atomic E-state index is 7.32. The van der Waals surface area contributed by atoms with Crippen molar-refractivity contribution in [1.82, 2.24) is 4.90 Å². The highest BCUT2D eigenvalue weighted by atomic mass is 16.6. The minimum absolute atomic E-state index is 0.0857. The summed E-state index contributed by atoms with van der Waals surface area (Å²) in [4.78, 5) is 2.90. The van der Waals surface area contributed by atoms with E-state index >= 15 is 0 Å². The van der Waals surface area contributed by atoms with E-state index in [-0.39, 0.29) is 22.9 Å². The second kappa shape index (κ2) is 16.2. The average Bonchev–Trinajstić information content (AvgIpc) is 3.92. The lowest BCUT2D eigenvalue weighted by Gasteiger charge is -2.74. The van der Waals surface area contributed by atoms with Crippen LogP contribution in [0.25, 0.3) is 0 Å². The summed E-state index contributed by atoms with van der Waals surface area (Å²) in [5.41, 5.74) is 3.65. The van der Waals surface area contributed by atoms with Crippen molar-refractivity contribution in [3.63, 3.8) is 0 Å². The van der Waals surface area contributed by atoms with E-state index in [4.69, 9.17) is 42.6 Å². The summed E-state index contributed by atoms with van der Waals surface area (Å²) >= 11 is 0. The highest BCUT2D eigenvalue weighted by Crippen LogP contribution is 2.76. The predicted molar refractivity (Wildman–Crippen MR) is 195 cm³/mol. The minimum Gasteiger partial charge on any atom is -0.493 e. The maximum absolute atomic E-state index is 7.32. The standard InChI is InChI=1S/C42H59NO9/c1-44-16-17-46-18-19-47-20-21-48-22-23-49-24-25-51-42-13-12-40(27-34(42)30-50-29-32-6-4-3-5-7-32)36-26-33-10-11-35(45-2)38-37(33)41(40,39(42)52-38)14-15-43(36)28-31-8-9-31/h3-7,10-11,31,34,36,39H,8-9,12-30H2,1-2H3/t34-,36?,39-,40-,41+,42-/m1/s1. The van der Waals surface area contributed by atoms with Crippen LogP contribution in [-0.2, 0) is 51.6 Å². The zero-order chi connectivity index (χ0) is 35.4.